The van der Waals surface area contributed by atoms with Crippen molar-refractivity contribution in [1.82, 2.24) is 9.97 Å². The second kappa shape index (κ2) is 4.89. The van der Waals surface area contributed by atoms with Gasteiger partial charge in [0.05, 0.1) is 6.54 Å². The highest BCUT2D eigenvalue weighted by atomic mass is 79.9. The molecule has 2 aromatic rings. The summed E-state index contributed by atoms with van der Waals surface area (Å²) in [6.07, 6.45) is 0. The highest BCUT2D eigenvalue weighted by Crippen LogP contribution is 2.20. The maximum absolute atomic E-state index is 10.6. The lowest BCUT2D eigenvalue weighted by atomic mass is 10.5. The Bertz CT molecular complexity index is 511. The Kier molecular flexibility index (Phi) is 3.52. The summed E-state index contributed by atoms with van der Waals surface area (Å²) in [6.45, 7) is 0.484. The van der Waals surface area contributed by atoms with Crippen LogP contribution in [0.4, 0.5) is 5.13 Å². The number of carboxylic acids is 1. The van der Waals surface area contributed by atoms with Gasteiger partial charge >= 0.3 is 5.97 Å². The molecule has 0 radical (unpaired) electrons. The first-order valence-corrected chi connectivity index (χ1v) is 6.73. The highest BCUT2D eigenvalue weighted by Gasteiger charge is 2.08. The smallest absolute Gasteiger partial charge is 0.355 e. The summed E-state index contributed by atoms with van der Waals surface area (Å²) in [4.78, 5) is 18.7. The maximum atomic E-state index is 10.6. The molecular weight excluding hydrogens is 314 g/mol. The Labute approximate surface area is 107 Å². The van der Waals surface area contributed by atoms with Crippen molar-refractivity contribution in [3.63, 3.8) is 0 Å². The van der Waals surface area contributed by atoms with Gasteiger partial charge in [-0.25, -0.2) is 14.8 Å². The largest absolute Gasteiger partial charge is 0.476 e. The first-order chi connectivity index (χ1) is 7.65. The SMILES string of the molecule is O=C(O)c1csc(CNc2nc(Br)cs2)n1. The van der Waals surface area contributed by atoms with Gasteiger partial charge in [0.15, 0.2) is 10.8 Å². The quantitative estimate of drug-likeness (QED) is 0.906. The van der Waals surface area contributed by atoms with Gasteiger partial charge < -0.3 is 10.4 Å². The molecule has 0 bridgehead atoms. The molecule has 0 unspecified atom stereocenters. The summed E-state index contributed by atoms with van der Waals surface area (Å²) in [6, 6.07) is 0. The Morgan fingerprint density at radius 1 is 1.44 bits per heavy atom. The topological polar surface area (TPSA) is 75.1 Å². The molecule has 5 nitrogen and oxygen atoms in total. The number of hydrogen-bond acceptors (Lipinski definition) is 6. The number of aromatic nitrogens is 2. The van der Waals surface area contributed by atoms with Gasteiger partial charge in [-0.1, -0.05) is 0 Å². The lowest BCUT2D eigenvalue weighted by Gasteiger charge is -1.97. The second-order valence-corrected chi connectivity index (χ2v) is 5.37. The summed E-state index contributed by atoms with van der Waals surface area (Å²) in [5, 5.41) is 16.7. The lowest BCUT2D eigenvalue weighted by Crippen LogP contribution is -2.01. The molecule has 0 aliphatic carbocycles. The first-order valence-electron chi connectivity index (χ1n) is 4.18. The van der Waals surface area contributed by atoms with Gasteiger partial charge in [-0.05, 0) is 15.9 Å². The number of hydrogen-bond donors (Lipinski definition) is 2. The van der Waals surface area contributed by atoms with Crippen LogP contribution in [0.25, 0.3) is 0 Å². The molecule has 16 heavy (non-hydrogen) atoms. The fraction of sp³-hybridized carbons (Fsp3) is 0.125. The van der Waals surface area contributed by atoms with Crippen LogP contribution in [0.5, 0.6) is 0 Å². The molecule has 0 aliphatic rings. The van der Waals surface area contributed by atoms with E-state index < -0.39 is 5.97 Å². The van der Waals surface area contributed by atoms with Gasteiger partial charge in [-0.2, -0.15) is 0 Å². The normalized spacial score (nSPS) is 10.3. The van der Waals surface area contributed by atoms with Crippen LogP contribution < -0.4 is 5.32 Å². The van der Waals surface area contributed by atoms with E-state index in [4.69, 9.17) is 5.11 Å². The number of nitrogens with zero attached hydrogens (tertiary/aromatic N) is 2. The molecule has 2 heterocycles. The zero-order valence-electron chi connectivity index (χ0n) is 7.81. The van der Waals surface area contributed by atoms with Gasteiger partial charge in [0, 0.05) is 10.8 Å². The number of nitrogens with one attached hydrogen (secondary N) is 1. The standard InChI is InChI=1S/C8H6BrN3O2S2/c9-5-3-16-8(12-5)10-1-6-11-4(2-15-6)7(13)14/h2-3H,1H2,(H,10,12)(H,13,14). The van der Waals surface area contributed by atoms with E-state index in [9.17, 15) is 4.79 Å². The number of rotatable bonds is 4. The zero-order chi connectivity index (χ0) is 11.5. The van der Waals surface area contributed by atoms with Crippen molar-refractivity contribution in [2.24, 2.45) is 0 Å². The Morgan fingerprint density at radius 2 is 2.25 bits per heavy atom. The van der Waals surface area contributed by atoms with Crippen LogP contribution in [0.3, 0.4) is 0 Å². The van der Waals surface area contributed by atoms with Crippen LogP contribution in [-0.2, 0) is 6.54 Å². The van der Waals surface area contributed by atoms with Gasteiger partial charge in [0.1, 0.15) is 9.61 Å². The number of carbonyl (C=O) groups is 1. The van der Waals surface area contributed by atoms with Crippen LogP contribution in [0.1, 0.15) is 15.5 Å². The second-order valence-electron chi connectivity index (χ2n) is 2.76. The maximum Gasteiger partial charge on any atom is 0.355 e. The third kappa shape index (κ3) is 2.77. The van der Waals surface area contributed by atoms with Gasteiger partial charge in [-0.15, -0.1) is 22.7 Å². The monoisotopic (exact) mass is 319 g/mol. The molecular formula is C8H6BrN3O2S2. The van der Waals surface area contributed by atoms with Crippen molar-refractivity contribution in [2.75, 3.05) is 5.32 Å². The van der Waals surface area contributed by atoms with Crippen molar-refractivity contribution in [1.29, 1.82) is 0 Å². The Balaban J connectivity index is 1.97. The van der Waals surface area contributed by atoms with E-state index in [1.807, 2.05) is 5.38 Å². The first kappa shape index (κ1) is 11.5. The average molecular weight is 320 g/mol. The lowest BCUT2D eigenvalue weighted by molar-refractivity contribution is 0.0691. The van der Waals surface area contributed by atoms with Crippen molar-refractivity contribution in [2.45, 2.75) is 6.54 Å². The molecule has 2 aromatic heterocycles. The molecule has 0 fully saturated rings. The average Bonchev–Trinajstić information content (AvgIpc) is 2.83. The summed E-state index contributed by atoms with van der Waals surface area (Å²) >= 11 is 6.04. The molecule has 0 atom stereocenters. The third-order valence-corrected chi connectivity index (χ3v) is 4.00. The fourth-order valence-electron chi connectivity index (χ4n) is 0.977. The molecule has 2 rings (SSSR count). The molecule has 8 heteroatoms. The van der Waals surface area contributed by atoms with E-state index in [1.165, 1.54) is 28.1 Å². The summed E-state index contributed by atoms with van der Waals surface area (Å²) in [5.74, 6) is -1.00. The van der Waals surface area contributed by atoms with E-state index in [0.717, 1.165) is 14.7 Å². The van der Waals surface area contributed by atoms with Crippen LogP contribution >= 0.6 is 38.6 Å². The minimum Gasteiger partial charge on any atom is -0.476 e. The van der Waals surface area contributed by atoms with E-state index in [0.29, 0.717) is 6.54 Å². The molecule has 0 aliphatic heterocycles. The highest BCUT2D eigenvalue weighted by molar-refractivity contribution is 9.10. The van der Waals surface area contributed by atoms with Crippen molar-refractivity contribution in [3.05, 3.63) is 26.1 Å². The van der Waals surface area contributed by atoms with Gasteiger partial charge in [0.2, 0.25) is 0 Å². The molecule has 0 spiro atoms. The fourth-order valence-corrected chi connectivity index (χ4v) is 2.83. The Hall–Kier alpha value is -0.990. The van der Waals surface area contributed by atoms with E-state index >= 15 is 0 Å². The molecule has 0 aromatic carbocycles. The number of thiazole rings is 2. The molecule has 84 valence electrons. The Morgan fingerprint density at radius 3 is 2.81 bits per heavy atom. The van der Waals surface area contributed by atoms with Crippen molar-refractivity contribution < 1.29 is 9.90 Å². The summed E-state index contributed by atoms with van der Waals surface area (Å²) in [5.41, 5.74) is 0.0853. The summed E-state index contributed by atoms with van der Waals surface area (Å²) < 4.78 is 0.783. The van der Waals surface area contributed by atoms with Crippen LogP contribution in [-0.4, -0.2) is 21.0 Å². The molecule has 0 amide bonds. The van der Waals surface area contributed by atoms with E-state index in [-0.39, 0.29) is 5.69 Å². The predicted octanol–water partition coefficient (Wildman–Crippen LogP) is 2.67. The number of aromatic carboxylic acids is 1. The van der Waals surface area contributed by atoms with Crippen LogP contribution in [0, 0.1) is 0 Å². The third-order valence-electron chi connectivity index (χ3n) is 1.64. The zero-order valence-corrected chi connectivity index (χ0v) is 11.0. The van der Waals surface area contributed by atoms with E-state index in [2.05, 4.69) is 31.2 Å². The number of halogens is 1. The van der Waals surface area contributed by atoms with Crippen LogP contribution in [0.15, 0.2) is 15.4 Å². The summed E-state index contributed by atoms with van der Waals surface area (Å²) in [7, 11) is 0. The van der Waals surface area contributed by atoms with Crippen LogP contribution in [0.2, 0.25) is 0 Å². The van der Waals surface area contributed by atoms with Gasteiger partial charge in [0.25, 0.3) is 0 Å². The van der Waals surface area contributed by atoms with Gasteiger partial charge in [-0.3, -0.25) is 0 Å². The van der Waals surface area contributed by atoms with Crippen molar-refractivity contribution >= 4 is 49.7 Å². The predicted molar refractivity (Wildman–Crippen MR) is 66.2 cm³/mol. The van der Waals surface area contributed by atoms with E-state index in [1.54, 1.807) is 0 Å². The molecule has 2 N–H and O–H groups in total. The minimum absolute atomic E-state index is 0.0853. The molecule has 0 saturated heterocycles. The number of carboxylic acid groups (broad SMARTS) is 1. The minimum atomic E-state index is -1.00. The van der Waals surface area contributed by atoms with Crippen molar-refractivity contribution in [3.8, 4) is 0 Å². The molecule has 0 saturated carbocycles. The number of anilines is 1.